The smallest absolute Gasteiger partial charge is 0.303 e. The van der Waals surface area contributed by atoms with E-state index in [4.69, 9.17) is 0 Å². The zero-order valence-electron chi connectivity index (χ0n) is 27.5. The van der Waals surface area contributed by atoms with Crippen molar-refractivity contribution in [1.82, 2.24) is 15.3 Å². The summed E-state index contributed by atoms with van der Waals surface area (Å²) in [7, 11) is 0. The first-order valence-corrected chi connectivity index (χ1v) is 15.9. The van der Waals surface area contributed by atoms with Crippen molar-refractivity contribution in [3.8, 4) is 0 Å². The van der Waals surface area contributed by atoms with Crippen molar-refractivity contribution in [2.75, 3.05) is 0 Å². The van der Waals surface area contributed by atoms with Gasteiger partial charge >= 0.3 is 11.9 Å². The van der Waals surface area contributed by atoms with Crippen molar-refractivity contribution in [2.24, 2.45) is 10.9 Å². The second-order valence-corrected chi connectivity index (χ2v) is 12.1. The van der Waals surface area contributed by atoms with Crippen molar-refractivity contribution in [3.05, 3.63) is 72.8 Å². The third kappa shape index (κ3) is 7.38. The maximum absolute atomic E-state index is 12.5. The monoisotopic (exact) mass is 628 g/mol. The fraction of sp³-hybridized carbons (Fsp3) is 0.417. The van der Waals surface area contributed by atoms with Crippen molar-refractivity contribution in [3.63, 3.8) is 0 Å². The number of aromatic nitrogens is 2. The minimum Gasteiger partial charge on any atom is -0.481 e. The molecule has 2 aromatic rings. The lowest BCUT2D eigenvalue weighted by atomic mass is 9.99. The average molecular weight is 629 g/mol. The Labute approximate surface area is 268 Å². The summed E-state index contributed by atoms with van der Waals surface area (Å²) in [5.74, 6) is -2.43. The van der Waals surface area contributed by atoms with Crippen LogP contribution in [0.2, 0.25) is 0 Å². The molecule has 4 rings (SSSR count). The Balaban J connectivity index is 1.88. The first-order chi connectivity index (χ1) is 21.9. The number of rotatable bonds is 13. The molecule has 10 heteroatoms. The number of aromatic amines is 2. The number of nitrogens with zero attached hydrogens (tertiary/aromatic N) is 1. The first kappa shape index (κ1) is 34.1. The number of carbonyl (C=O) groups excluding carboxylic acids is 2. The minimum absolute atomic E-state index is 0.0710. The zero-order valence-corrected chi connectivity index (χ0v) is 27.5. The van der Waals surface area contributed by atoms with Crippen molar-refractivity contribution in [1.29, 1.82) is 0 Å². The van der Waals surface area contributed by atoms with E-state index in [0.717, 1.165) is 70.1 Å². The molecule has 5 N–H and O–H groups in total. The van der Waals surface area contributed by atoms with Crippen LogP contribution in [-0.2, 0) is 32.0 Å². The van der Waals surface area contributed by atoms with E-state index in [9.17, 15) is 29.4 Å². The van der Waals surface area contributed by atoms with Gasteiger partial charge in [0.15, 0.2) is 0 Å². The molecule has 4 heterocycles. The first-order valence-electron chi connectivity index (χ1n) is 15.9. The molecule has 10 nitrogen and oxygen atoms in total. The van der Waals surface area contributed by atoms with Gasteiger partial charge in [-0.2, -0.15) is 0 Å². The average Bonchev–Trinajstić information content (AvgIpc) is 3.64. The van der Waals surface area contributed by atoms with Crippen LogP contribution >= 0.6 is 0 Å². The second-order valence-electron chi connectivity index (χ2n) is 12.1. The van der Waals surface area contributed by atoms with E-state index in [2.05, 4.69) is 27.2 Å². The number of aliphatic imine (C=N–C) groups is 1. The zero-order chi connectivity index (χ0) is 33.7. The van der Waals surface area contributed by atoms with Gasteiger partial charge in [0.1, 0.15) is 0 Å². The number of hydrogen-bond acceptors (Lipinski definition) is 4. The van der Waals surface area contributed by atoms with Crippen LogP contribution < -0.4 is 16.0 Å². The lowest BCUT2D eigenvalue weighted by Gasteiger charge is -2.04. The van der Waals surface area contributed by atoms with Crippen molar-refractivity contribution >= 4 is 47.7 Å². The third-order valence-electron chi connectivity index (χ3n) is 9.01. The third-order valence-corrected chi connectivity index (χ3v) is 9.01. The molecule has 244 valence electrons. The summed E-state index contributed by atoms with van der Waals surface area (Å²) in [5.41, 5.74) is 8.60. The molecule has 1 saturated heterocycles. The van der Waals surface area contributed by atoms with Gasteiger partial charge in [-0.15, -0.1) is 0 Å². The van der Waals surface area contributed by atoms with Gasteiger partial charge in [0.25, 0.3) is 5.91 Å². The molecule has 0 aliphatic carbocycles. The molecule has 2 aliphatic heterocycles. The highest BCUT2D eigenvalue weighted by Crippen LogP contribution is 2.30. The summed E-state index contributed by atoms with van der Waals surface area (Å²) >= 11 is 0. The lowest BCUT2D eigenvalue weighted by molar-refractivity contribution is -0.138. The lowest BCUT2D eigenvalue weighted by Crippen LogP contribution is -2.16. The molecule has 0 unspecified atom stereocenters. The molecule has 46 heavy (non-hydrogen) atoms. The number of nitrogens with one attached hydrogen (secondary N) is 3. The van der Waals surface area contributed by atoms with E-state index >= 15 is 0 Å². The van der Waals surface area contributed by atoms with E-state index in [0.29, 0.717) is 28.0 Å². The predicted octanol–water partition coefficient (Wildman–Crippen LogP) is 4.53. The Morgan fingerprint density at radius 3 is 2.15 bits per heavy atom. The van der Waals surface area contributed by atoms with E-state index in [1.165, 1.54) is 0 Å². The molecule has 1 atom stereocenters. The van der Waals surface area contributed by atoms with Crippen LogP contribution in [0.25, 0.3) is 18.2 Å². The Hall–Kier alpha value is -4.73. The van der Waals surface area contributed by atoms with Gasteiger partial charge < -0.3 is 25.5 Å². The van der Waals surface area contributed by atoms with E-state index in [-0.39, 0.29) is 43.4 Å². The normalized spacial score (nSPS) is 19.3. The molecule has 2 amide bonds. The van der Waals surface area contributed by atoms with Gasteiger partial charge in [0, 0.05) is 46.2 Å². The maximum atomic E-state index is 12.5. The summed E-state index contributed by atoms with van der Waals surface area (Å²) in [5, 5.41) is 23.4. The SMILES string of the molecule is C/C=C1/C(=C\c2[nH]c(/C=c3\[nH]/c(=C/C4=NC(=O)C(C)=C4CCCCC)c(C)c3CCC(=O)O)c(CCC(=O)O)c2C)NC(=O)[C@@H]1C. The maximum Gasteiger partial charge on any atom is 0.303 e. The highest BCUT2D eigenvalue weighted by atomic mass is 16.4. The van der Waals surface area contributed by atoms with Gasteiger partial charge in [0.2, 0.25) is 5.91 Å². The Bertz CT molecular complexity index is 1830. The van der Waals surface area contributed by atoms with Gasteiger partial charge in [-0.05, 0) is 112 Å². The molecule has 2 aliphatic rings. The van der Waals surface area contributed by atoms with Gasteiger partial charge in [-0.1, -0.05) is 25.8 Å². The summed E-state index contributed by atoms with van der Waals surface area (Å²) in [6, 6.07) is 0. The summed E-state index contributed by atoms with van der Waals surface area (Å²) in [6.07, 6.45) is 11.8. The number of aliphatic carboxylic acids is 2. The molecular formula is C36H44N4O6. The topological polar surface area (TPSA) is 165 Å². The molecule has 0 radical (unpaired) electrons. The van der Waals surface area contributed by atoms with E-state index < -0.39 is 11.9 Å². The number of amides is 2. The number of carbonyl (C=O) groups is 4. The van der Waals surface area contributed by atoms with Crippen LogP contribution in [0.15, 0.2) is 33.5 Å². The molecule has 0 spiro atoms. The Morgan fingerprint density at radius 1 is 0.848 bits per heavy atom. The molecule has 2 aromatic heterocycles. The number of allylic oxidation sites excluding steroid dienone is 3. The number of carboxylic acids is 2. The van der Waals surface area contributed by atoms with Crippen LogP contribution in [0, 0.1) is 19.8 Å². The van der Waals surface area contributed by atoms with Crippen molar-refractivity contribution < 1.29 is 29.4 Å². The standard InChI is InChI=1S/C36H44N4O6/c1-7-9-10-11-24-22(6)36(46)40-32(24)17-28-20(4)26(13-15-34(43)44)31(38-28)18-30-25(12-14-33(41)42)19(3)27(37-30)16-29-23(8-2)21(5)35(45)39-29/h8,16-18,21,37-38H,7,9-15H2,1-6H3,(H,39,45)(H,41,42)(H,43,44)/b23-8+,28-17+,29-16+,31-18-/t21-/m1/s1. The van der Waals surface area contributed by atoms with Gasteiger partial charge in [-0.25, -0.2) is 4.99 Å². The number of hydrogen-bond donors (Lipinski definition) is 5. The second kappa shape index (κ2) is 14.6. The van der Waals surface area contributed by atoms with Crippen LogP contribution in [-0.4, -0.2) is 49.6 Å². The number of H-pyrrole nitrogens is 2. The molecule has 0 saturated carbocycles. The largest absolute Gasteiger partial charge is 0.481 e. The van der Waals surface area contributed by atoms with Crippen LogP contribution in [0.3, 0.4) is 0 Å². The molecule has 0 aromatic carbocycles. The van der Waals surface area contributed by atoms with Crippen LogP contribution in [0.5, 0.6) is 0 Å². The van der Waals surface area contributed by atoms with Gasteiger partial charge in [0.05, 0.1) is 11.6 Å². The van der Waals surface area contributed by atoms with E-state index in [1.807, 2.05) is 58.9 Å². The van der Waals surface area contributed by atoms with E-state index in [1.54, 1.807) is 0 Å². The predicted molar refractivity (Wildman–Crippen MR) is 179 cm³/mol. The fourth-order valence-electron chi connectivity index (χ4n) is 6.21. The number of unbranched alkanes of at least 4 members (excludes halogenated alkanes) is 2. The quantitative estimate of drug-likeness (QED) is 0.205. The molecule has 0 bridgehead atoms. The fourth-order valence-corrected chi connectivity index (χ4v) is 6.21. The van der Waals surface area contributed by atoms with Crippen molar-refractivity contribution in [2.45, 2.75) is 92.9 Å². The summed E-state index contributed by atoms with van der Waals surface area (Å²) < 4.78 is 0. The highest BCUT2D eigenvalue weighted by molar-refractivity contribution is 6.30. The molecular weight excluding hydrogens is 584 g/mol. The Kier molecular flexibility index (Phi) is 10.8. The molecule has 1 fully saturated rings. The van der Waals surface area contributed by atoms with Gasteiger partial charge in [-0.3, -0.25) is 19.2 Å². The number of carboxylic acid groups (broad SMARTS) is 2. The van der Waals surface area contributed by atoms with Crippen LogP contribution in [0.4, 0.5) is 0 Å². The Morgan fingerprint density at radius 2 is 1.52 bits per heavy atom. The van der Waals surface area contributed by atoms with Crippen LogP contribution in [0.1, 0.15) is 99.9 Å². The minimum atomic E-state index is -0.918. The summed E-state index contributed by atoms with van der Waals surface area (Å²) in [6.45, 7) is 11.5. The summed E-state index contributed by atoms with van der Waals surface area (Å²) in [4.78, 5) is 59.3. The highest BCUT2D eigenvalue weighted by Gasteiger charge is 2.29.